The van der Waals surface area contributed by atoms with Crippen molar-refractivity contribution < 1.29 is 9.90 Å². The molecule has 3 aromatic carbocycles. The molecule has 0 aliphatic heterocycles. The lowest BCUT2D eigenvalue weighted by molar-refractivity contribution is -0.133. The smallest absolute Gasteiger partial charge is 0.313 e. The maximum Gasteiger partial charge on any atom is 0.313 e. The Bertz CT molecular complexity index is 1200. The first-order valence-corrected chi connectivity index (χ1v) is 10.5. The number of benzene rings is 3. The zero-order chi connectivity index (χ0) is 20.4. The highest BCUT2D eigenvalue weighted by Gasteiger charge is 2.19. The predicted molar refractivity (Wildman–Crippen MR) is 116 cm³/mol. The number of rotatable bonds is 6. The molecule has 1 heterocycles. The zero-order valence-corrected chi connectivity index (χ0v) is 17.4. The van der Waals surface area contributed by atoms with E-state index in [4.69, 9.17) is 28.3 Å². The molecule has 8 heteroatoms. The largest absolute Gasteiger partial charge is 0.481 e. The van der Waals surface area contributed by atoms with Crippen LogP contribution in [0.25, 0.3) is 16.5 Å². The van der Waals surface area contributed by atoms with Gasteiger partial charge in [0.05, 0.1) is 16.5 Å². The monoisotopic (exact) mass is 443 g/mol. The van der Waals surface area contributed by atoms with Crippen molar-refractivity contribution in [2.75, 3.05) is 5.75 Å². The molecule has 0 saturated heterocycles. The van der Waals surface area contributed by atoms with E-state index in [1.807, 2.05) is 18.2 Å². The molecule has 4 aromatic rings. The van der Waals surface area contributed by atoms with E-state index in [1.165, 1.54) is 0 Å². The van der Waals surface area contributed by atoms with Crippen LogP contribution in [0.2, 0.25) is 10.0 Å². The Morgan fingerprint density at radius 3 is 2.62 bits per heavy atom. The molecule has 29 heavy (non-hydrogen) atoms. The van der Waals surface area contributed by atoms with E-state index >= 15 is 0 Å². The summed E-state index contributed by atoms with van der Waals surface area (Å²) in [6, 6.07) is 19.4. The molecule has 0 bridgehead atoms. The number of carboxylic acids is 1. The molecule has 0 spiro atoms. The maximum absolute atomic E-state index is 11.1. The number of thioether (sulfide) groups is 1. The molecule has 0 radical (unpaired) electrons. The number of aromatic nitrogens is 3. The maximum atomic E-state index is 11.1. The molecule has 0 fully saturated rings. The Morgan fingerprint density at radius 2 is 1.83 bits per heavy atom. The van der Waals surface area contributed by atoms with Crippen LogP contribution in [0.1, 0.15) is 11.4 Å². The number of aliphatic carboxylic acids is 1. The highest BCUT2D eigenvalue weighted by Crippen LogP contribution is 2.31. The van der Waals surface area contributed by atoms with Crippen LogP contribution in [-0.4, -0.2) is 31.6 Å². The van der Waals surface area contributed by atoms with E-state index in [-0.39, 0.29) is 5.75 Å². The Kier molecular flexibility index (Phi) is 5.76. The summed E-state index contributed by atoms with van der Waals surface area (Å²) in [6.07, 6.45) is 0.515. The van der Waals surface area contributed by atoms with Gasteiger partial charge in [-0.15, -0.1) is 10.2 Å². The van der Waals surface area contributed by atoms with E-state index in [2.05, 4.69) is 34.5 Å². The fraction of sp³-hybridized carbons (Fsp3) is 0.0952. The predicted octanol–water partition coefficient (Wildman–Crippen LogP) is 5.49. The first-order valence-electron chi connectivity index (χ1n) is 8.74. The van der Waals surface area contributed by atoms with Crippen LogP contribution in [0, 0.1) is 0 Å². The van der Waals surface area contributed by atoms with Crippen molar-refractivity contribution in [3.63, 3.8) is 0 Å². The molecule has 0 unspecified atom stereocenters. The van der Waals surface area contributed by atoms with Gasteiger partial charge in [-0.1, -0.05) is 77.4 Å². The Labute approximate surface area is 181 Å². The molecule has 0 aliphatic rings. The Morgan fingerprint density at radius 1 is 1.03 bits per heavy atom. The Balaban J connectivity index is 1.81. The molecule has 4 rings (SSSR count). The van der Waals surface area contributed by atoms with Gasteiger partial charge in [0.25, 0.3) is 0 Å². The number of hydrogen-bond acceptors (Lipinski definition) is 4. The molecule has 0 atom stereocenters. The minimum atomic E-state index is -0.928. The quantitative estimate of drug-likeness (QED) is 0.398. The SMILES string of the molecule is O=C(O)CSc1nnc(Cc2cccc3ccccc23)n1-c1ccc(Cl)cc1Cl. The molecule has 0 saturated carbocycles. The number of carboxylic acid groups (broad SMARTS) is 1. The summed E-state index contributed by atoms with van der Waals surface area (Å²) in [4.78, 5) is 11.1. The van der Waals surface area contributed by atoms with Gasteiger partial charge in [-0.05, 0) is 34.5 Å². The zero-order valence-electron chi connectivity index (χ0n) is 15.0. The van der Waals surface area contributed by atoms with Gasteiger partial charge in [0.2, 0.25) is 0 Å². The second-order valence-electron chi connectivity index (χ2n) is 6.33. The number of hydrogen-bond donors (Lipinski definition) is 1. The summed E-state index contributed by atoms with van der Waals surface area (Å²) in [5.74, 6) is -0.391. The van der Waals surface area contributed by atoms with Gasteiger partial charge in [0, 0.05) is 11.4 Å². The molecular formula is C21H15Cl2N3O2S. The molecule has 146 valence electrons. The van der Waals surface area contributed by atoms with Crippen molar-refractivity contribution in [2.24, 2.45) is 0 Å². The topological polar surface area (TPSA) is 68.0 Å². The summed E-state index contributed by atoms with van der Waals surface area (Å²) >= 11 is 13.6. The van der Waals surface area contributed by atoms with Crippen molar-refractivity contribution >= 4 is 51.7 Å². The van der Waals surface area contributed by atoms with Gasteiger partial charge in [-0.25, -0.2) is 0 Å². The van der Waals surface area contributed by atoms with Crippen molar-refractivity contribution in [1.29, 1.82) is 0 Å². The summed E-state index contributed by atoms with van der Waals surface area (Å²) in [6.45, 7) is 0. The van der Waals surface area contributed by atoms with Crippen molar-refractivity contribution in [1.82, 2.24) is 14.8 Å². The Hall–Kier alpha value is -2.54. The molecular weight excluding hydrogens is 429 g/mol. The third kappa shape index (κ3) is 4.24. The lowest BCUT2D eigenvalue weighted by Gasteiger charge is -2.13. The van der Waals surface area contributed by atoms with Gasteiger partial charge in [-0.2, -0.15) is 0 Å². The average molecular weight is 444 g/mol. The van der Waals surface area contributed by atoms with E-state index in [9.17, 15) is 4.79 Å². The van der Waals surface area contributed by atoms with Crippen LogP contribution in [0.15, 0.2) is 65.8 Å². The number of fused-ring (bicyclic) bond motifs is 1. The fourth-order valence-corrected chi connectivity index (χ4v) is 4.33. The van der Waals surface area contributed by atoms with E-state index in [0.29, 0.717) is 33.1 Å². The second-order valence-corrected chi connectivity index (χ2v) is 8.11. The lowest BCUT2D eigenvalue weighted by Crippen LogP contribution is -2.06. The number of carbonyl (C=O) groups is 1. The van der Waals surface area contributed by atoms with Crippen molar-refractivity contribution in [3.05, 3.63) is 82.1 Å². The third-order valence-corrected chi connectivity index (χ3v) is 5.86. The van der Waals surface area contributed by atoms with E-state index in [1.54, 1.807) is 22.8 Å². The van der Waals surface area contributed by atoms with Gasteiger partial charge >= 0.3 is 5.97 Å². The van der Waals surface area contributed by atoms with E-state index in [0.717, 1.165) is 28.1 Å². The van der Waals surface area contributed by atoms with Crippen LogP contribution < -0.4 is 0 Å². The minimum Gasteiger partial charge on any atom is -0.481 e. The average Bonchev–Trinajstić information content (AvgIpc) is 3.09. The van der Waals surface area contributed by atoms with Gasteiger partial charge in [0.1, 0.15) is 5.82 Å². The van der Waals surface area contributed by atoms with Crippen molar-refractivity contribution in [3.8, 4) is 5.69 Å². The fourth-order valence-electron chi connectivity index (χ4n) is 3.16. The number of halogens is 2. The molecule has 5 nitrogen and oxygen atoms in total. The van der Waals surface area contributed by atoms with Crippen LogP contribution >= 0.6 is 35.0 Å². The first kappa shape index (κ1) is 19.8. The lowest BCUT2D eigenvalue weighted by atomic mass is 10.0. The van der Waals surface area contributed by atoms with Gasteiger partial charge in [-0.3, -0.25) is 9.36 Å². The van der Waals surface area contributed by atoms with Crippen LogP contribution in [0.5, 0.6) is 0 Å². The minimum absolute atomic E-state index is 0.127. The van der Waals surface area contributed by atoms with Gasteiger partial charge < -0.3 is 5.11 Å². The van der Waals surface area contributed by atoms with Crippen molar-refractivity contribution in [2.45, 2.75) is 11.6 Å². The molecule has 0 aliphatic carbocycles. The van der Waals surface area contributed by atoms with Gasteiger partial charge in [0.15, 0.2) is 5.16 Å². The normalized spacial score (nSPS) is 11.1. The van der Waals surface area contributed by atoms with Crippen LogP contribution in [0.3, 0.4) is 0 Å². The molecule has 1 N–H and O–H groups in total. The molecule has 1 aromatic heterocycles. The first-order chi connectivity index (χ1) is 14.0. The summed E-state index contributed by atoms with van der Waals surface area (Å²) in [5.41, 5.74) is 1.75. The summed E-state index contributed by atoms with van der Waals surface area (Å²) in [7, 11) is 0. The number of nitrogens with zero attached hydrogens (tertiary/aromatic N) is 3. The summed E-state index contributed by atoms with van der Waals surface area (Å²) in [5, 5.41) is 21.3. The highest BCUT2D eigenvalue weighted by molar-refractivity contribution is 7.99. The van der Waals surface area contributed by atoms with Crippen LogP contribution in [-0.2, 0) is 11.2 Å². The molecule has 0 amide bonds. The summed E-state index contributed by atoms with van der Waals surface area (Å²) < 4.78 is 1.80. The second kappa shape index (κ2) is 8.45. The van der Waals surface area contributed by atoms with E-state index < -0.39 is 5.97 Å². The highest BCUT2D eigenvalue weighted by atomic mass is 35.5. The third-order valence-electron chi connectivity index (χ3n) is 4.40. The van der Waals surface area contributed by atoms with Crippen LogP contribution in [0.4, 0.5) is 0 Å². The standard InChI is InChI=1S/C21H15Cl2N3O2S/c22-15-8-9-18(17(23)11-15)26-19(24-25-21(26)29-12-20(27)28)10-14-6-3-5-13-4-1-2-7-16(13)14/h1-9,11H,10,12H2,(H,27,28).